The molecule has 4 nitrogen and oxygen atoms in total. The van der Waals surface area contributed by atoms with E-state index in [-0.39, 0.29) is 21.9 Å². The number of carbonyl (C=O) groups excluding carboxylic acids is 1. The third kappa shape index (κ3) is 6.07. The van der Waals surface area contributed by atoms with Crippen molar-refractivity contribution in [1.82, 2.24) is 4.57 Å². The van der Waals surface area contributed by atoms with Crippen LogP contribution in [0.25, 0.3) is 12.2 Å². The number of carbonyl (C=O) groups is 1. The lowest BCUT2D eigenvalue weighted by Gasteiger charge is -2.20. The topological polar surface area (TPSA) is 59.3 Å². The van der Waals surface area contributed by atoms with Gasteiger partial charge in [0, 0.05) is 27.6 Å². The number of pyridine rings is 1. The highest BCUT2D eigenvalue weighted by Crippen LogP contribution is 2.24. The van der Waals surface area contributed by atoms with Gasteiger partial charge in [-0.1, -0.05) is 62.2 Å². The molecule has 2 rings (SSSR count). The number of fused-ring (bicyclic) bond motifs is 1. The number of nitrogens with zero attached hydrogens (tertiary/aromatic N) is 1. The number of aldehydes is 1. The summed E-state index contributed by atoms with van der Waals surface area (Å²) in [5.41, 5.74) is -0.132. The largest absolute Gasteiger partial charge is 0.395 e. The second-order valence-electron chi connectivity index (χ2n) is 5.29. The number of hydrogen-bond acceptors (Lipinski definition) is 3. The van der Waals surface area contributed by atoms with E-state index < -0.39 is 0 Å². The van der Waals surface area contributed by atoms with Crippen molar-refractivity contribution in [2.45, 2.75) is 58.3 Å². The SMILES string of the molecule is CC.CC1(Br)C=c2c(=O)c(C=O)cn(CCO)c2=CC1.CCC. The Morgan fingerprint density at radius 3 is 2.43 bits per heavy atom. The molecule has 1 aliphatic carbocycles. The molecule has 0 amide bonds. The molecule has 1 aromatic heterocycles. The predicted molar refractivity (Wildman–Crippen MR) is 101 cm³/mol. The number of aliphatic hydroxyl groups excluding tert-OH is 1. The molecule has 1 unspecified atom stereocenters. The van der Waals surface area contributed by atoms with Gasteiger partial charge in [-0.05, 0) is 13.3 Å². The van der Waals surface area contributed by atoms with Crippen molar-refractivity contribution < 1.29 is 9.90 Å². The van der Waals surface area contributed by atoms with Gasteiger partial charge in [-0.25, -0.2) is 0 Å². The quantitative estimate of drug-likeness (QED) is 0.640. The fraction of sp³-hybridized carbons (Fsp3) is 0.556. The lowest BCUT2D eigenvalue weighted by Crippen LogP contribution is -2.50. The summed E-state index contributed by atoms with van der Waals surface area (Å²) in [6.45, 7) is 10.6. The zero-order valence-electron chi connectivity index (χ0n) is 14.7. The Bertz CT molecular complexity index is 675. The molecule has 0 saturated carbocycles. The molecule has 0 spiro atoms. The molecule has 1 atom stereocenters. The minimum Gasteiger partial charge on any atom is -0.395 e. The lowest BCUT2D eigenvalue weighted by atomic mass is 10.00. The molecule has 1 aliphatic rings. The van der Waals surface area contributed by atoms with Gasteiger partial charge in [0.1, 0.15) is 0 Å². The fourth-order valence-electron chi connectivity index (χ4n) is 2.12. The summed E-state index contributed by atoms with van der Waals surface area (Å²) in [7, 11) is 0. The highest BCUT2D eigenvalue weighted by Gasteiger charge is 2.20. The molecule has 130 valence electrons. The van der Waals surface area contributed by atoms with E-state index >= 15 is 0 Å². The van der Waals surface area contributed by atoms with Crippen LogP contribution in [0.3, 0.4) is 0 Å². The molecule has 1 heterocycles. The highest BCUT2D eigenvalue weighted by molar-refractivity contribution is 9.10. The molecule has 5 heteroatoms. The molecule has 0 bridgehead atoms. The minimum absolute atomic E-state index is 0.0347. The van der Waals surface area contributed by atoms with Crippen molar-refractivity contribution in [2.24, 2.45) is 0 Å². The molecule has 0 radical (unpaired) electrons. The van der Waals surface area contributed by atoms with Crippen LogP contribution in [0.4, 0.5) is 0 Å². The second-order valence-corrected chi connectivity index (χ2v) is 7.10. The van der Waals surface area contributed by atoms with Crippen molar-refractivity contribution in [3.8, 4) is 0 Å². The van der Waals surface area contributed by atoms with Gasteiger partial charge in [-0.2, -0.15) is 0 Å². The van der Waals surface area contributed by atoms with Gasteiger partial charge < -0.3 is 9.67 Å². The highest BCUT2D eigenvalue weighted by atomic mass is 79.9. The van der Waals surface area contributed by atoms with E-state index in [9.17, 15) is 9.59 Å². The number of halogens is 1. The van der Waals surface area contributed by atoms with E-state index in [2.05, 4.69) is 29.8 Å². The number of aromatic nitrogens is 1. The number of rotatable bonds is 3. The summed E-state index contributed by atoms with van der Waals surface area (Å²) < 4.78 is 1.48. The van der Waals surface area contributed by atoms with E-state index in [1.165, 1.54) is 12.6 Å². The van der Waals surface area contributed by atoms with E-state index in [1.807, 2.05) is 32.9 Å². The van der Waals surface area contributed by atoms with Crippen molar-refractivity contribution in [3.05, 3.63) is 32.6 Å². The molecule has 0 fully saturated rings. The smallest absolute Gasteiger partial charge is 0.199 e. The predicted octanol–water partition coefficient (Wildman–Crippen LogP) is 2.21. The first kappa shape index (κ1) is 21.8. The normalized spacial score (nSPS) is 18.0. The van der Waals surface area contributed by atoms with Crippen molar-refractivity contribution in [2.75, 3.05) is 6.61 Å². The first-order valence-electron chi connectivity index (χ1n) is 8.11. The summed E-state index contributed by atoms with van der Waals surface area (Å²) in [6.07, 6.45) is 7.86. The van der Waals surface area contributed by atoms with Crippen LogP contribution in [-0.2, 0) is 6.54 Å². The maximum atomic E-state index is 12.1. The molecule has 0 aliphatic heterocycles. The van der Waals surface area contributed by atoms with Crippen molar-refractivity contribution >= 4 is 34.4 Å². The fourth-order valence-corrected chi connectivity index (χ4v) is 2.51. The van der Waals surface area contributed by atoms with E-state index in [0.29, 0.717) is 18.0 Å². The van der Waals surface area contributed by atoms with Crippen molar-refractivity contribution in [1.29, 1.82) is 0 Å². The molecular formula is C18H28BrNO3. The standard InChI is InChI=1S/C13H14BrNO3.C3H8.C2H6/c1-13(14)3-2-11-10(6-13)12(18)9(8-17)7-15(11)4-5-16;1-3-2;1-2/h2,6-8,16H,3-5H2,1H3;3H2,1-2H3;1-2H3. The van der Waals surface area contributed by atoms with Crippen LogP contribution in [-0.4, -0.2) is 26.9 Å². The monoisotopic (exact) mass is 385 g/mol. The molecule has 0 aromatic carbocycles. The number of alkyl halides is 1. The van der Waals surface area contributed by atoms with Crippen LogP contribution in [0.1, 0.15) is 57.8 Å². The Labute approximate surface area is 146 Å². The van der Waals surface area contributed by atoms with Crippen LogP contribution in [0, 0.1) is 0 Å². The van der Waals surface area contributed by atoms with Gasteiger partial charge in [0.15, 0.2) is 11.7 Å². The molecular weight excluding hydrogens is 358 g/mol. The molecule has 0 saturated heterocycles. The van der Waals surface area contributed by atoms with Crippen LogP contribution >= 0.6 is 15.9 Å². The molecule has 23 heavy (non-hydrogen) atoms. The first-order valence-corrected chi connectivity index (χ1v) is 8.91. The molecule has 1 N–H and O–H groups in total. The van der Waals surface area contributed by atoms with Gasteiger partial charge in [0.2, 0.25) is 0 Å². The second kappa shape index (κ2) is 10.6. The van der Waals surface area contributed by atoms with E-state index in [4.69, 9.17) is 5.11 Å². The summed E-state index contributed by atoms with van der Waals surface area (Å²) in [6, 6.07) is 0. The Kier molecular flexibility index (Phi) is 10.0. The number of aliphatic hydroxyl groups is 1. The van der Waals surface area contributed by atoms with Gasteiger partial charge in [-0.3, -0.25) is 9.59 Å². The Morgan fingerprint density at radius 2 is 1.96 bits per heavy atom. The minimum atomic E-state index is -0.266. The zero-order valence-corrected chi connectivity index (χ0v) is 16.3. The van der Waals surface area contributed by atoms with Crippen LogP contribution < -0.4 is 16.0 Å². The summed E-state index contributed by atoms with van der Waals surface area (Å²) in [4.78, 5) is 23.0. The van der Waals surface area contributed by atoms with Crippen LogP contribution in [0.15, 0.2) is 11.0 Å². The Hall–Kier alpha value is -1.20. The Balaban J connectivity index is 0.000000868. The first-order chi connectivity index (χ1) is 10.9. The molecule has 1 aromatic rings. The van der Waals surface area contributed by atoms with Crippen LogP contribution in [0.2, 0.25) is 0 Å². The maximum absolute atomic E-state index is 12.1. The van der Waals surface area contributed by atoms with Gasteiger partial charge in [0.05, 0.1) is 12.2 Å². The summed E-state index contributed by atoms with van der Waals surface area (Å²) in [5.74, 6) is 0. The number of hydrogen-bond donors (Lipinski definition) is 1. The van der Waals surface area contributed by atoms with Gasteiger partial charge in [0.25, 0.3) is 0 Å². The maximum Gasteiger partial charge on any atom is 0.199 e. The van der Waals surface area contributed by atoms with Crippen molar-refractivity contribution in [3.63, 3.8) is 0 Å². The van der Waals surface area contributed by atoms with Gasteiger partial charge >= 0.3 is 0 Å². The Morgan fingerprint density at radius 1 is 1.39 bits per heavy atom. The van der Waals surface area contributed by atoms with E-state index in [0.717, 1.165) is 11.8 Å². The average molecular weight is 386 g/mol. The lowest BCUT2D eigenvalue weighted by molar-refractivity contribution is 0.112. The third-order valence-corrected chi connectivity index (χ3v) is 3.55. The third-order valence-electron chi connectivity index (χ3n) is 2.99. The summed E-state index contributed by atoms with van der Waals surface area (Å²) in [5, 5.41) is 10.3. The van der Waals surface area contributed by atoms with Crippen LogP contribution in [0.5, 0.6) is 0 Å². The van der Waals surface area contributed by atoms with Gasteiger partial charge in [-0.15, -0.1) is 0 Å². The zero-order chi connectivity index (χ0) is 18.0. The average Bonchev–Trinajstić information content (AvgIpc) is 2.52. The summed E-state index contributed by atoms with van der Waals surface area (Å²) >= 11 is 3.53. The van der Waals surface area contributed by atoms with E-state index in [1.54, 1.807) is 4.57 Å².